The molecule has 0 radical (unpaired) electrons. The van der Waals surface area contributed by atoms with E-state index in [1.165, 1.54) is 0 Å². The second-order valence-electron chi connectivity index (χ2n) is 5.45. The van der Waals surface area contributed by atoms with Crippen LogP contribution in [0.3, 0.4) is 0 Å². The second-order valence-corrected chi connectivity index (χ2v) is 5.45. The SMILES string of the molecule is N#CCCOCC(COCCC#N)C(COCCC#N)COCCC#N. The molecule has 0 heterocycles. The van der Waals surface area contributed by atoms with Crippen molar-refractivity contribution >= 4 is 0 Å². The molecule has 0 saturated heterocycles. The van der Waals surface area contributed by atoms with Gasteiger partial charge in [-0.25, -0.2) is 0 Å². The van der Waals surface area contributed by atoms with Crippen molar-refractivity contribution in [1.29, 1.82) is 21.0 Å². The molecular formula is C18H26N4O4. The second kappa shape index (κ2) is 19.1. The lowest BCUT2D eigenvalue weighted by molar-refractivity contribution is -0.0375. The minimum Gasteiger partial charge on any atom is -0.380 e. The van der Waals surface area contributed by atoms with Gasteiger partial charge >= 0.3 is 0 Å². The average molecular weight is 362 g/mol. The van der Waals surface area contributed by atoms with E-state index in [-0.39, 0.29) is 11.8 Å². The van der Waals surface area contributed by atoms with Crippen LogP contribution >= 0.6 is 0 Å². The van der Waals surface area contributed by atoms with Crippen molar-refractivity contribution in [3.8, 4) is 24.3 Å². The lowest BCUT2D eigenvalue weighted by Gasteiger charge is -2.26. The Labute approximate surface area is 155 Å². The maximum Gasteiger partial charge on any atom is 0.0645 e. The van der Waals surface area contributed by atoms with Crippen LogP contribution in [-0.2, 0) is 18.9 Å². The van der Waals surface area contributed by atoms with Gasteiger partial charge in [-0.1, -0.05) is 0 Å². The Bertz CT molecular complexity index is 411. The van der Waals surface area contributed by atoms with Gasteiger partial charge in [0.15, 0.2) is 0 Å². The van der Waals surface area contributed by atoms with Gasteiger partial charge in [-0.05, 0) is 0 Å². The van der Waals surface area contributed by atoms with Crippen molar-refractivity contribution < 1.29 is 18.9 Å². The van der Waals surface area contributed by atoms with Crippen LogP contribution in [0.5, 0.6) is 0 Å². The van der Waals surface area contributed by atoms with Crippen molar-refractivity contribution in [1.82, 2.24) is 0 Å². The van der Waals surface area contributed by atoms with Gasteiger partial charge in [-0.15, -0.1) is 0 Å². The molecule has 0 spiro atoms. The highest BCUT2D eigenvalue weighted by molar-refractivity contribution is 4.74. The minimum absolute atomic E-state index is 0.0449. The summed E-state index contributed by atoms with van der Waals surface area (Å²) >= 11 is 0. The van der Waals surface area contributed by atoms with Crippen LogP contribution < -0.4 is 0 Å². The Morgan fingerprint density at radius 1 is 0.462 bits per heavy atom. The Morgan fingerprint density at radius 2 is 0.692 bits per heavy atom. The zero-order valence-electron chi connectivity index (χ0n) is 15.1. The van der Waals surface area contributed by atoms with E-state index in [0.29, 0.717) is 78.5 Å². The maximum absolute atomic E-state index is 8.60. The van der Waals surface area contributed by atoms with Crippen molar-refractivity contribution in [3.63, 3.8) is 0 Å². The van der Waals surface area contributed by atoms with E-state index in [0.717, 1.165) is 0 Å². The third kappa shape index (κ3) is 14.2. The highest BCUT2D eigenvalue weighted by atomic mass is 16.5. The van der Waals surface area contributed by atoms with Crippen LogP contribution in [0.25, 0.3) is 0 Å². The smallest absolute Gasteiger partial charge is 0.0645 e. The van der Waals surface area contributed by atoms with Crippen LogP contribution in [-0.4, -0.2) is 52.9 Å². The van der Waals surface area contributed by atoms with E-state index in [4.69, 9.17) is 40.0 Å². The van der Waals surface area contributed by atoms with Crippen LogP contribution in [0.2, 0.25) is 0 Å². The normalized spacial score (nSPS) is 10.2. The first-order valence-corrected chi connectivity index (χ1v) is 8.58. The monoisotopic (exact) mass is 362 g/mol. The number of rotatable bonds is 17. The molecule has 0 saturated carbocycles. The Hall–Kier alpha value is -2.20. The number of ether oxygens (including phenoxy) is 4. The summed E-state index contributed by atoms with van der Waals surface area (Å²) in [5, 5.41) is 34.4. The molecule has 0 aromatic rings. The van der Waals surface area contributed by atoms with Gasteiger partial charge in [0.25, 0.3) is 0 Å². The predicted molar refractivity (Wildman–Crippen MR) is 91.2 cm³/mol. The first-order chi connectivity index (χ1) is 12.8. The lowest BCUT2D eigenvalue weighted by Crippen LogP contribution is -2.32. The van der Waals surface area contributed by atoms with Crippen molar-refractivity contribution in [2.45, 2.75) is 25.7 Å². The predicted octanol–water partition coefficient (Wildman–Crippen LogP) is 1.94. The Balaban J connectivity index is 4.63. The van der Waals surface area contributed by atoms with Gasteiger partial charge in [-0.3, -0.25) is 0 Å². The highest BCUT2D eigenvalue weighted by Crippen LogP contribution is 2.16. The van der Waals surface area contributed by atoms with Crippen LogP contribution in [0.4, 0.5) is 0 Å². The molecule has 0 bridgehead atoms. The van der Waals surface area contributed by atoms with E-state index in [1.807, 2.05) is 24.3 Å². The molecule has 0 aliphatic heterocycles. The van der Waals surface area contributed by atoms with Gasteiger partial charge in [-0.2, -0.15) is 21.0 Å². The van der Waals surface area contributed by atoms with E-state index < -0.39 is 0 Å². The molecule has 0 rings (SSSR count). The van der Waals surface area contributed by atoms with E-state index in [2.05, 4.69) is 0 Å². The van der Waals surface area contributed by atoms with Gasteiger partial charge < -0.3 is 18.9 Å². The summed E-state index contributed by atoms with van der Waals surface area (Å²) in [6.07, 6.45) is 1.24. The van der Waals surface area contributed by atoms with Gasteiger partial charge in [0.05, 0.1) is 103 Å². The first-order valence-electron chi connectivity index (χ1n) is 8.58. The third-order valence-corrected chi connectivity index (χ3v) is 3.43. The molecule has 0 aliphatic carbocycles. The molecular weight excluding hydrogens is 336 g/mol. The number of hydrogen-bond donors (Lipinski definition) is 0. The first kappa shape index (κ1) is 23.8. The van der Waals surface area contributed by atoms with Crippen LogP contribution in [0, 0.1) is 57.2 Å². The summed E-state index contributed by atoms with van der Waals surface area (Å²) in [4.78, 5) is 0. The fourth-order valence-electron chi connectivity index (χ4n) is 2.05. The summed E-state index contributed by atoms with van der Waals surface area (Å²) in [7, 11) is 0. The van der Waals surface area contributed by atoms with Crippen molar-refractivity contribution in [2.24, 2.45) is 11.8 Å². The van der Waals surface area contributed by atoms with Crippen LogP contribution in [0.15, 0.2) is 0 Å². The molecule has 26 heavy (non-hydrogen) atoms. The average Bonchev–Trinajstić information content (AvgIpc) is 2.66. The molecule has 0 aromatic heterocycles. The zero-order chi connectivity index (χ0) is 19.3. The third-order valence-electron chi connectivity index (χ3n) is 3.43. The number of nitriles is 4. The Morgan fingerprint density at radius 3 is 0.885 bits per heavy atom. The highest BCUT2D eigenvalue weighted by Gasteiger charge is 2.23. The molecule has 0 N–H and O–H groups in total. The van der Waals surface area contributed by atoms with Crippen molar-refractivity contribution in [2.75, 3.05) is 52.9 Å². The standard InChI is InChI=1S/C18H26N4O4/c19-5-1-9-23-13-17(14-24-10-2-6-20)18(15-25-11-3-7-21)16-26-12-4-8-22/h17-18H,1-4,9-16H2. The summed E-state index contributed by atoms with van der Waals surface area (Å²) < 4.78 is 22.2. The summed E-state index contributed by atoms with van der Waals surface area (Å²) in [6, 6.07) is 8.10. The number of nitrogens with zero attached hydrogens (tertiary/aromatic N) is 4. The summed E-state index contributed by atoms with van der Waals surface area (Å²) in [5.41, 5.74) is 0. The Kier molecular flexibility index (Phi) is 17.5. The summed E-state index contributed by atoms with van der Waals surface area (Å²) in [6.45, 7) is 2.85. The molecule has 0 aromatic carbocycles. The molecule has 8 heteroatoms. The van der Waals surface area contributed by atoms with Crippen molar-refractivity contribution in [3.05, 3.63) is 0 Å². The summed E-state index contributed by atoms with van der Waals surface area (Å²) in [5.74, 6) is -0.0897. The quantitative estimate of drug-likeness (QED) is 0.358. The zero-order valence-corrected chi connectivity index (χ0v) is 15.1. The topological polar surface area (TPSA) is 132 Å². The van der Waals surface area contributed by atoms with E-state index >= 15 is 0 Å². The van der Waals surface area contributed by atoms with Gasteiger partial charge in [0.1, 0.15) is 0 Å². The lowest BCUT2D eigenvalue weighted by atomic mass is 9.95. The molecule has 0 amide bonds. The van der Waals surface area contributed by atoms with Gasteiger partial charge in [0.2, 0.25) is 0 Å². The van der Waals surface area contributed by atoms with Gasteiger partial charge in [0, 0.05) is 11.8 Å². The molecule has 142 valence electrons. The maximum atomic E-state index is 8.60. The molecule has 0 fully saturated rings. The molecule has 0 aliphatic rings. The van der Waals surface area contributed by atoms with E-state index in [9.17, 15) is 0 Å². The molecule has 0 atom stereocenters. The minimum atomic E-state index is -0.0449. The largest absolute Gasteiger partial charge is 0.380 e. The fourth-order valence-corrected chi connectivity index (χ4v) is 2.05. The van der Waals surface area contributed by atoms with E-state index in [1.54, 1.807) is 0 Å². The molecule has 0 unspecified atom stereocenters. The fraction of sp³-hybridized carbons (Fsp3) is 0.778. The molecule has 8 nitrogen and oxygen atoms in total. The van der Waals surface area contributed by atoms with Crippen LogP contribution in [0.1, 0.15) is 25.7 Å². The number of hydrogen-bond acceptors (Lipinski definition) is 8.